The van der Waals surface area contributed by atoms with Crippen LogP contribution in [-0.4, -0.2) is 37.7 Å². The lowest BCUT2D eigenvalue weighted by Gasteiger charge is -2.13. The van der Waals surface area contributed by atoms with Crippen molar-refractivity contribution in [3.8, 4) is 11.5 Å². The van der Waals surface area contributed by atoms with Gasteiger partial charge in [0, 0.05) is 30.9 Å². The normalized spacial score (nSPS) is 19.2. The molecule has 2 heterocycles. The van der Waals surface area contributed by atoms with Crippen LogP contribution in [0.1, 0.15) is 23.7 Å². The number of benzene rings is 1. The van der Waals surface area contributed by atoms with Crippen LogP contribution in [0.3, 0.4) is 0 Å². The molecule has 0 aliphatic carbocycles. The van der Waals surface area contributed by atoms with Gasteiger partial charge in [-0.25, -0.2) is 10.9 Å². The van der Waals surface area contributed by atoms with Gasteiger partial charge in [0.05, 0.1) is 14.2 Å². The van der Waals surface area contributed by atoms with Crippen molar-refractivity contribution < 1.29 is 14.3 Å². The number of hydrazine groups is 1. The number of rotatable bonds is 7. The molecule has 2 aromatic rings. The summed E-state index contributed by atoms with van der Waals surface area (Å²) >= 11 is 0. The smallest absolute Gasteiger partial charge is 0.238 e. The molecule has 2 unspecified atom stereocenters. The molecule has 2 atom stereocenters. The Morgan fingerprint density at radius 3 is 2.77 bits per heavy atom. The van der Waals surface area contributed by atoms with Crippen LogP contribution in [0, 0.1) is 0 Å². The molecule has 7 heteroatoms. The Balaban J connectivity index is 1.52. The van der Waals surface area contributed by atoms with Gasteiger partial charge in [0.1, 0.15) is 6.04 Å². The van der Waals surface area contributed by atoms with E-state index in [2.05, 4.69) is 21.2 Å². The van der Waals surface area contributed by atoms with E-state index in [0.717, 1.165) is 11.3 Å². The highest BCUT2D eigenvalue weighted by Gasteiger charge is 2.30. The molecule has 0 radical (unpaired) electrons. The molecule has 1 aromatic heterocycles. The predicted octanol–water partition coefficient (Wildman–Crippen LogP) is 1.37. The van der Waals surface area contributed by atoms with E-state index in [1.54, 1.807) is 20.4 Å². The van der Waals surface area contributed by atoms with Crippen molar-refractivity contribution >= 4 is 5.91 Å². The van der Waals surface area contributed by atoms with Gasteiger partial charge in [0.25, 0.3) is 0 Å². The Labute approximate surface area is 153 Å². The van der Waals surface area contributed by atoms with Gasteiger partial charge in [-0.2, -0.15) is 0 Å². The van der Waals surface area contributed by atoms with Gasteiger partial charge < -0.3 is 14.8 Å². The van der Waals surface area contributed by atoms with Gasteiger partial charge in [-0.3, -0.25) is 9.78 Å². The molecule has 138 valence electrons. The number of carbonyl (C=O) groups excluding carboxylic acids is 1. The number of ether oxygens (including phenoxy) is 2. The minimum Gasteiger partial charge on any atom is -0.493 e. The number of nitrogens with one attached hydrogen (secondary N) is 3. The summed E-state index contributed by atoms with van der Waals surface area (Å²) in [7, 11) is 3.22. The van der Waals surface area contributed by atoms with Gasteiger partial charge >= 0.3 is 0 Å². The number of carbonyl (C=O) groups is 1. The Kier molecular flexibility index (Phi) is 6.04. The van der Waals surface area contributed by atoms with Crippen molar-refractivity contribution in [3.63, 3.8) is 0 Å². The molecule has 0 spiro atoms. The monoisotopic (exact) mass is 356 g/mol. The number of aromatic nitrogens is 1. The van der Waals surface area contributed by atoms with E-state index in [4.69, 9.17) is 9.47 Å². The molecule has 26 heavy (non-hydrogen) atoms. The summed E-state index contributed by atoms with van der Waals surface area (Å²) < 4.78 is 10.6. The van der Waals surface area contributed by atoms with Crippen LogP contribution in [0.4, 0.5) is 0 Å². The Morgan fingerprint density at radius 1 is 1.19 bits per heavy atom. The molecule has 0 bridgehead atoms. The van der Waals surface area contributed by atoms with Gasteiger partial charge in [-0.05, 0) is 36.2 Å². The summed E-state index contributed by atoms with van der Waals surface area (Å²) in [5.41, 5.74) is 8.26. The summed E-state index contributed by atoms with van der Waals surface area (Å²) in [5, 5.41) is 2.96. The maximum Gasteiger partial charge on any atom is 0.238 e. The van der Waals surface area contributed by atoms with Crippen molar-refractivity contribution in [1.82, 2.24) is 21.2 Å². The highest BCUT2D eigenvalue weighted by Crippen LogP contribution is 2.32. The van der Waals surface area contributed by atoms with Crippen LogP contribution >= 0.6 is 0 Å². The van der Waals surface area contributed by atoms with Crippen LogP contribution in [0.15, 0.2) is 42.6 Å². The zero-order valence-corrected chi connectivity index (χ0v) is 15.0. The predicted molar refractivity (Wildman–Crippen MR) is 97.9 cm³/mol. The number of hydrogen-bond acceptors (Lipinski definition) is 6. The van der Waals surface area contributed by atoms with E-state index in [9.17, 15) is 4.79 Å². The number of hydrogen-bond donors (Lipinski definition) is 3. The minimum absolute atomic E-state index is 0.0172. The molecule has 7 nitrogen and oxygen atoms in total. The molecule has 1 amide bonds. The fourth-order valence-electron chi connectivity index (χ4n) is 3.00. The number of nitrogens with zero attached hydrogens (tertiary/aromatic N) is 1. The van der Waals surface area contributed by atoms with Gasteiger partial charge in [-0.15, -0.1) is 0 Å². The van der Waals surface area contributed by atoms with Crippen LogP contribution in [0.2, 0.25) is 0 Å². The lowest BCUT2D eigenvalue weighted by atomic mass is 10.0. The van der Waals surface area contributed by atoms with Gasteiger partial charge in [0.2, 0.25) is 5.91 Å². The second kappa shape index (κ2) is 8.64. The Morgan fingerprint density at radius 2 is 2.04 bits per heavy atom. The molecule has 3 N–H and O–H groups in total. The topological polar surface area (TPSA) is 84.5 Å². The molecule has 3 rings (SSSR count). The molecule has 1 aromatic carbocycles. The lowest BCUT2D eigenvalue weighted by molar-refractivity contribution is -0.122. The van der Waals surface area contributed by atoms with Crippen molar-refractivity contribution in [2.24, 2.45) is 0 Å². The van der Waals surface area contributed by atoms with Crippen molar-refractivity contribution in [3.05, 3.63) is 53.9 Å². The third-order valence-electron chi connectivity index (χ3n) is 4.44. The molecule has 1 aliphatic heterocycles. The third kappa shape index (κ3) is 4.30. The Hall–Kier alpha value is -2.64. The first-order valence-corrected chi connectivity index (χ1v) is 8.62. The molecular formula is C19H24N4O3. The summed E-state index contributed by atoms with van der Waals surface area (Å²) in [6.45, 7) is 0.565. The van der Waals surface area contributed by atoms with Crippen molar-refractivity contribution in [2.75, 3.05) is 20.8 Å². The average molecular weight is 356 g/mol. The summed E-state index contributed by atoms with van der Waals surface area (Å²) in [5.74, 6) is 1.34. The molecule has 1 aliphatic rings. The van der Waals surface area contributed by atoms with Crippen LogP contribution in [-0.2, 0) is 11.2 Å². The molecular weight excluding hydrogens is 332 g/mol. The lowest BCUT2D eigenvalue weighted by Crippen LogP contribution is -2.43. The number of amides is 1. The van der Waals surface area contributed by atoms with E-state index < -0.39 is 0 Å². The SMILES string of the molecule is COc1ccc(C2CC(C(=O)NCCc3ccccn3)NN2)cc1OC. The summed E-state index contributed by atoms with van der Waals surface area (Å²) in [4.78, 5) is 16.6. The maximum absolute atomic E-state index is 12.4. The van der Waals surface area contributed by atoms with E-state index in [1.807, 2.05) is 36.4 Å². The van der Waals surface area contributed by atoms with E-state index in [0.29, 0.717) is 30.9 Å². The van der Waals surface area contributed by atoms with Gasteiger partial charge in [-0.1, -0.05) is 12.1 Å². The maximum atomic E-state index is 12.4. The van der Waals surface area contributed by atoms with E-state index in [-0.39, 0.29) is 18.0 Å². The summed E-state index contributed by atoms with van der Waals surface area (Å²) in [6, 6.07) is 11.3. The van der Waals surface area contributed by atoms with E-state index in [1.165, 1.54) is 0 Å². The fourth-order valence-corrected chi connectivity index (χ4v) is 3.00. The van der Waals surface area contributed by atoms with E-state index >= 15 is 0 Å². The average Bonchev–Trinajstić information content (AvgIpc) is 3.18. The quantitative estimate of drug-likeness (QED) is 0.695. The summed E-state index contributed by atoms with van der Waals surface area (Å²) in [6.07, 6.45) is 3.13. The Bertz CT molecular complexity index is 739. The largest absolute Gasteiger partial charge is 0.493 e. The second-order valence-corrected chi connectivity index (χ2v) is 6.11. The van der Waals surface area contributed by atoms with Crippen LogP contribution in [0.5, 0.6) is 11.5 Å². The molecule has 1 fully saturated rings. The number of pyridine rings is 1. The van der Waals surface area contributed by atoms with Crippen molar-refractivity contribution in [1.29, 1.82) is 0 Å². The fraction of sp³-hybridized carbons (Fsp3) is 0.368. The highest BCUT2D eigenvalue weighted by atomic mass is 16.5. The zero-order valence-electron chi connectivity index (χ0n) is 15.0. The third-order valence-corrected chi connectivity index (χ3v) is 4.44. The van der Waals surface area contributed by atoms with Crippen LogP contribution in [0.25, 0.3) is 0 Å². The second-order valence-electron chi connectivity index (χ2n) is 6.11. The van der Waals surface area contributed by atoms with Crippen molar-refractivity contribution in [2.45, 2.75) is 24.9 Å². The zero-order chi connectivity index (χ0) is 18.4. The molecule has 0 saturated carbocycles. The van der Waals surface area contributed by atoms with Gasteiger partial charge in [0.15, 0.2) is 11.5 Å². The first-order chi connectivity index (χ1) is 12.7. The van der Waals surface area contributed by atoms with Crippen LogP contribution < -0.4 is 25.6 Å². The first kappa shape index (κ1) is 18.2. The first-order valence-electron chi connectivity index (χ1n) is 8.62. The standard InChI is InChI=1S/C19H24N4O3/c1-25-17-7-6-13(11-18(17)26-2)15-12-16(23-22-15)19(24)21-10-8-14-5-3-4-9-20-14/h3-7,9,11,15-16,22-23H,8,10,12H2,1-2H3,(H,21,24). The minimum atomic E-state index is -0.281. The number of methoxy groups -OCH3 is 2. The highest BCUT2D eigenvalue weighted by molar-refractivity contribution is 5.82. The molecule has 1 saturated heterocycles.